The normalized spacial score (nSPS) is 16.8. The molecule has 0 unspecified atom stereocenters. The van der Waals surface area contributed by atoms with Gasteiger partial charge in [0.25, 0.3) is 0 Å². The molecule has 1 N–H and O–H groups in total. The molecule has 8 nitrogen and oxygen atoms in total. The SMILES string of the molecule is O=C(O)[C@H]1CCCC[C@H]1c1nc2cc(OCc3ccc4ccccc4n3)ccc2n1Cc1cccc(-c2ncccn2)c1. The Balaban J connectivity index is 1.23. The van der Waals surface area contributed by atoms with Gasteiger partial charge in [-0.25, -0.2) is 19.9 Å². The largest absolute Gasteiger partial charge is 0.487 e. The average Bonchev–Trinajstić information content (AvgIpc) is 3.41. The van der Waals surface area contributed by atoms with E-state index in [0.717, 1.165) is 63.8 Å². The summed E-state index contributed by atoms with van der Waals surface area (Å²) in [5.41, 5.74) is 5.52. The first-order valence-corrected chi connectivity index (χ1v) is 14.7. The van der Waals surface area contributed by atoms with Gasteiger partial charge in [0.2, 0.25) is 0 Å². The van der Waals surface area contributed by atoms with Crippen LogP contribution < -0.4 is 4.74 Å². The van der Waals surface area contributed by atoms with Crippen molar-refractivity contribution < 1.29 is 14.6 Å². The number of aliphatic carboxylic acids is 1. The third-order valence-electron chi connectivity index (χ3n) is 8.30. The van der Waals surface area contributed by atoms with E-state index < -0.39 is 11.9 Å². The second-order valence-electron chi connectivity index (χ2n) is 11.1. The Morgan fingerprint density at radius 1 is 0.860 bits per heavy atom. The van der Waals surface area contributed by atoms with Crippen molar-refractivity contribution in [3.63, 3.8) is 0 Å². The van der Waals surface area contributed by atoms with Gasteiger partial charge in [-0.3, -0.25) is 4.79 Å². The molecule has 0 aliphatic heterocycles. The summed E-state index contributed by atoms with van der Waals surface area (Å²) in [4.78, 5) is 30.9. The Morgan fingerprint density at radius 2 is 1.72 bits per heavy atom. The molecule has 3 heterocycles. The number of pyridine rings is 1. The highest BCUT2D eigenvalue weighted by Gasteiger charge is 2.35. The second-order valence-corrected chi connectivity index (χ2v) is 11.1. The Kier molecular flexibility index (Phi) is 7.25. The van der Waals surface area contributed by atoms with Gasteiger partial charge in [-0.1, -0.05) is 55.3 Å². The predicted molar refractivity (Wildman–Crippen MR) is 165 cm³/mol. The van der Waals surface area contributed by atoms with E-state index in [1.165, 1.54) is 0 Å². The summed E-state index contributed by atoms with van der Waals surface area (Å²) in [6.07, 6.45) is 6.86. The molecule has 3 aromatic carbocycles. The number of hydrogen-bond acceptors (Lipinski definition) is 6. The number of carboxylic acids is 1. The first kappa shape index (κ1) is 26.8. The number of para-hydroxylation sites is 1. The molecule has 2 atom stereocenters. The third kappa shape index (κ3) is 5.56. The molecule has 7 rings (SSSR count). The van der Waals surface area contributed by atoms with Crippen molar-refractivity contribution in [3.8, 4) is 17.1 Å². The first-order chi connectivity index (χ1) is 21.1. The molecule has 3 aromatic heterocycles. The maximum Gasteiger partial charge on any atom is 0.307 e. The number of carboxylic acid groups (broad SMARTS) is 1. The zero-order valence-electron chi connectivity index (χ0n) is 23.6. The fourth-order valence-corrected chi connectivity index (χ4v) is 6.19. The molecule has 0 saturated heterocycles. The van der Waals surface area contributed by atoms with Crippen molar-refractivity contribution in [2.24, 2.45) is 5.92 Å². The van der Waals surface area contributed by atoms with E-state index >= 15 is 0 Å². The van der Waals surface area contributed by atoms with Crippen molar-refractivity contribution in [3.05, 3.63) is 114 Å². The standard InChI is InChI=1S/C35H31N5O3/c41-35(42)29-11-3-2-10-28(29)34-39-31-20-27(43-22-26-14-13-24-8-1-4-12-30(24)38-26)15-16-32(31)40(34)21-23-7-5-9-25(19-23)33-36-17-6-18-37-33/h1,4-9,12-20,28-29H,2-3,10-11,21-22H2,(H,41,42)/t28-,29+/m1/s1. The van der Waals surface area contributed by atoms with Gasteiger partial charge in [0.1, 0.15) is 18.2 Å². The number of fused-ring (bicyclic) bond motifs is 2. The van der Waals surface area contributed by atoms with Crippen LogP contribution in [0.1, 0.15) is 48.7 Å². The van der Waals surface area contributed by atoms with E-state index in [1.54, 1.807) is 18.5 Å². The predicted octanol–water partition coefficient (Wildman–Crippen LogP) is 7.03. The van der Waals surface area contributed by atoms with E-state index in [-0.39, 0.29) is 5.92 Å². The summed E-state index contributed by atoms with van der Waals surface area (Å²) in [7, 11) is 0. The van der Waals surface area contributed by atoms with Gasteiger partial charge >= 0.3 is 5.97 Å². The lowest BCUT2D eigenvalue weighted by Gasteiger charge is -2.28. The number of rotatable bonds is 8. The van der Waals surface area contributed by atoms with Crippen LogP contribution in [-0.4, -0.2) is 35.6 Å². The van der Waals surface area contributed by atoms with Crippen LogP contribution in [0.5, 0.6) is 5.75 Å². The number of carbonyl (C=O) groups is 1. The summed E-state index contributed by atoms with van der Waals surface area (Å²) in [6, 6.07) is 28.0. The molecule has 8 heteroatoms. The first-order valence-electron chi connectivity index (χ1n) is 14.7. The molecule has 0 spiro atoms. The van der Waals surface area contributed by atoms with Crippen LogP contribution in [0, 0.1) is 5.92 Å². The van der Waals surface area contributed by atoms with Gasteiger partial charge < -0.3 is 14.4 Å². The quantitative estimate of drug-likeness (QED) is 0.210. The molecule has 1 aliphatic rings. The number of imidazole rings is 1. The van der Waals surface area contributed by atoms with Crippen molar-refractivity contribution in [2.45, 2.75) is 44.8 Å². The van der Waals surface area contributed by atoms with E-state index in [9.17, 15) is 9.90 Å². The number of nitrogens with zero attached hydrogens (tertiary/aromatic N) is 5. The molecule has 43 heavy (non-hydrogen) atoms. The van der Waals surface area contributed by atoms with Crippen LogP contribution in [0.3, 0.4) is 0 Å². The zero-order chi connectivity index (χ0) is 29.2. The topological polar surface area (TPSA) is 103 Å². The molecule has 0 radical (unpaired) electrons. The second kappa shape index (κ2) is 11.6. The van der Waals surface area contributed by atoms with Gasteiger partial charge in [-0.05, 0) is 54.8 Å². The highest BCUT2D eigenvalue weighted by molar-refractivity contribution is 5.79. The molecule has 0 bridgehead atoms. The highest BCUT2D eigenvalue weighted by Crippen LogP contribution is 2.39. The molecule has 1 aliphatic carbocycles. The Hall–Kier alpha value is -5.11. The summed E-state index contributed by atoms with van der Waals surface area (Å²) in [5.74, 6) is 0.810. The number of benzene rings is 3. The minimum atomic E-state index is -0.751. The maximum atomic E-state index is 12.3. The number of aromatic nitrogens is 5. The summed E-state index contributed by atoms with van der Waals surface area (Å²) >= 11 is 0. The maximum absolute atomic E-state index is 12.3. The summed E-state index contributed by atoms with van der Waals surface area (Å²) < 4.78 is 8.35. The van der Waals surface area contributed by atoms with Crippen LogP contribution in [0.2, 0.25) is 0 Å². The van der Waals surface area contributed by atoms with E-state index in [1.807, 2.05) is 60.7 Å². The van der Waals surface area contributed by atoms with Crippen LogP contribution in [0.15, 0.2) is 97.3 Å². The minimum absolute atomic E-state index is 0.162. The molecule has 214 valence electrons. The van der Waals surface area contributed by atoms with Crippen LogP contribution >= 0.6 is 0 Å². The molecular weight excluding hydrogens is 538 g/mol. The Labute approximate surface area is 249 Å². The Bertz CT molecular complexity index is 1920. The van der Waals surface area contributed by atoms with Crippen molar-refractivity contribution >= 4 is 27.9 Å². The zero-order valence-corrected chi connectivity index (χ0v) is 23.6. The molecular formula is C35H31N5O3. The smallest absolute Gasteiger partial charge is 0.307 e. The van der Waals surface area contributed by atoms with Gasteiger partial charge in [0.15, 0.2) is 5.82 Å². The van der Waals surface area contributed by atoms with E-state index in [0.29, 0.717) is 31.1 Å². The van der Waals surface area contributed by atoms with Gasteiger partial charge in [-0.15, -0.1) is 0 Å². The monoisotopic (exact) mass is 569 g/mol. The van der Waals surface area contributed by atoms with Crippen molar-refractivity contribution in [1.29, 1.82) is 0 Å². The number of ether oxygens (including phenoxy) is 1. The van der Waals surface area contributed by atoms with E-state index in [2.05, 4.69) is 32.7 Å². The third-order valence-corrected chi connectivity index (χ3v) is 8.30. The fraction of sp³-hybridized carbons (Fsp3) is 0.229. The number of hydrogen-bond donors (Lipinski definition) is 1. The minimum Gasteiger partial charge on any atom is -0.487 e. The molecule has 1 saturated carbocycles. The van der Waals surface area contributed by atoms with Gasteiger partial charge in [0, 0.05) is 41.9 Å². The van der Waals surface area contributed by atoms with Crippen molar-refractivity contribution in [1.82, 2.24) is 24.5 Å². The molecule has 0 amide bonds. The van der Waals surface area contributed by atoms with Crippen LogP contribution in [0.4, 0.5) is 0 Å². The lowest BCUT2D eigenvalue weighted by atomic mass is 9.78. The van der Waals surface area contributed by atoms with Gasteiger partial charge in [-0.2, -0.15) is 0 Å². The highest BCUT2D eigenvalue weighted by atomic mass is 16.5. The van der Waals surface area contributed by atoms with Crippen LogP contribution in [0.25, 0.3) is 33.3 Å². The summed E-state index contributed by atoms with van der Waals surface area (Å²) in [5, 5.41) is 11.2. The Morgan fingerprint density at radius 3 is 2.60 bits per heavy atom. The van der Waals surface area contributed by atoms with Crippen LogP contribution in [-0.2, 0) is 17.9 Å². The van der Waals surface area contributed by atoms with Crippen molar-refractivity contribution in [2.75, 3.05) is 0 Å². The van der Waals surface area contributed by atoms with Gasteiger partial charge in [0.05, 0.1) is 28.2 Å². The fourth-order valence-electron chi connectivity index (χ4n) is 6.19. The average molecular weight is 570 g/mol. The summed E-state index contributed by atoms with van der Waals surface area (Å²) in [6.45, 7) is 0.887. The lowest BCUT2D eigenvalue weighted by molar-refractivity contribution is -0.143. The lowest BCUT2D eigenvalue weighted by Crippen LogP contribution is -2.27. The molecule has 6 aromatic rings. The van der Waals surface area contributed by atoms with E-state index in [4.69, 9.17) is 14.7 Å². The molecule has 1 fully saturated rings.